The van der Waals surface area contributed by atoms with Gasteiger partial charge in [0.1, 0.15) is 5.75 Å². The molecule has 4 rings (SSSR count). The molecule has 2 unspecified atom stereocenters. The lowest BCUT2D eigenvalue weighted by Crippen LogP contribution is -2.41. The van der Waals surface area contributed by atoms with E-state index in [4.69, 9.17) is 9.73 Å². The molecule has 3 heterocycles. The van der Waals surface area contributed by atoms with Crippen molar-refractivity contribution in [3.8, 4) is 5.75 Å². The molecule has 7 nitrogen and oxygen atoms in total. The Hall–Kier alpha value is -1.81. The minimum atomic E-state index is 0. The van der Waals surface area contributed by atoms with Gasteiger partial charge in [-0.25, -0.2) is 0 Å². The van der Waals surface area contributed by atoms with Crippen molar-refractivity contribution in [1.82, 2.24) is 24.9 Å². The van der Waals surface area contributed by atoms with Gasteiger partial charge in [0.15, 0.2) is 5.96 Å². The van der Waals surface area contributed by atoms with E-state index in [1.807, 2.05) is 24.0 Å². The SMILES string of the molecule is CCNC(=NCC(c1ccccc1OC)N1CCCCC1)N1CCC(c2cnn(C)c2)C1.I. The minimum absolute atomic E-state index is 0. The first-order chi connectivity index (χ1) is 15.7. The predicted molar refractivity (Wildman–Crippen MR) is 145 cm³/mol. The number of aliphatic imine (C=N–C) groups is 1. The average Bonchev–Trinajstić information content (AvgIpc) is 3.49. The summed E-state index contributed by atoms with van der Waals surface area (Å²) in [5.74, 6) is 2.50. The second-order valence-electron chi connectivity index (χ2n) is 8.93. The normalized spacial score (nSPS) is 20.4. The molecule has 2 aliphatic heterocycles. The Bertz CT molecular complexity index is 895. The maximum atomic E-state index is 5.73. The Morgan fingerprint density at radius 1 is 1.21 bits per heavy atom. The lowest BCUT2D eigenvalue weighted by Gasteiger charge is -2.35. The van der Waals surface area contributed by atoms with Crippen LogP contribution in [-0.4, -0.2) is 71.9 Å². The van der Waals surface area contributed by atoms with Gasteiger partial charge in [-0.3, -0.25) is 14.6 Å². The molecule has 1 aromatic heterocycles. The summed E-state index contributed by atoms with van der Waals surface area (Å²) < 4.78 is 7.62. The van der Waals surface area contributed by atoms with Crippen LogP contribution in [0.5, 0.6) is 5.75 Å². The molecule has 2 aromatic rings. The van der Waals surface area contributed by atoms with Crippen LogP contribution in [0, 0.1) is 0 Å². The van der Waals surface area contributed by atoms with Crippen molar-refractivity contribution in [3.63, 3.8) is 0 Å². The van der Waals surface area contributed by atoms with E-state index in [0.29, 0.717) is 5.92 Å². The van der Waals surface area contributed by atoms with Gasteiger partial charge >= 0.3 is 0 Å². The standard InChI is InChI=1S/C25H38N6O.HI/c1-4-26-25(31-15-12-20(19-31)21-16-28-29(2)18-21)27-17-23(30-13-8-5-9-14-30)22-10-6-7-11-24(22)32-3;/h6-7,10-11,16,18,20,23H,4-5,8-9,12-15,17,19H2,1-3H3,(H,26,27);1H. The van der Waals surface area contributed by atoms with Crippen LogP contribution in [0.1, 0.15) is 55.7 Å². The first kappa shape index (κ1) is 25.8. The van der Waals surface area contributed by atoms with Crippen molar-refractivity contribution in [2.45, 2.75) is 44.6 Å². The second kappa shape index (κ2) is 12.6. The number of aromatic nitrogens is 2. The van der Waals surface area contributed by atoms with E-state index in [2.05, 4.69) is 51.5 Å². The molecule has 182 valence electrons. The molecule has 2 atom stereocenters. The summed E-state index contributed by atoms with van der Waals surface area (Å²) in [5, 5.41) is 7.91. The topological polar surface area (TPSA) is 57.9 Å². The molecular weight excluding hydrogens is 527 g/mol. The van der Waals surface area contributed by atoms with Crippen molar-refractivity contribution >= 4 is 29.9 Å². The predicted octanol–water partition coefficient (Wildman–Crippen LogP) is 4.03. The summed E-state index contributed by atoms with van der Waals surface area (Å²) in [5.41, 5.74) is 2.57. The number of rotatable bonds is 7. The molecular formula is C25H39IN6O. The van der Waals surface area contributed by atoms with Gasteiger partial charge in [0.2, 0.25) is 0 Å². The van der Waals surface area contributed by atoms with Gasteiger partial charge in [-0.05, 0) is 50.9 Å². The second-order valence-corrected chi connectivity index (χ2v) is 8.93. The summed E-state index contributed by atoms with van der Waals surface area (Å²) >= 11 is 0. The molecule has 0 spiro atoms. The van der Waals surface area contributed by atoms with Crippen molar-refractivity contribution in [3.05, 3.63) is 47.8 Å². The lowest BCUT2D eigenvalue weighted by atomic mass is 10.0. The minimum Gasteiger partial charge on any atom is -0.496 e. The summed E-state index contributed by atoms with van der Waals surface area (Å²) in [6, 6.07) is 8.67. The Morgan fingerprint density at radius 3 is 2.70 bits per heavy atom. The van der Waals surface area contributed by atoms with Crippen LogP contribution in [0.4, 0.5) is 0 Å². The maximum Gasteiger partial charge on any atom is 0.194 e. The Balaban J connectivity index is 0.00000306. The average molecular weight is 567 g/mol. The number of methoxy groups -OCH3 is 1. The van der Waals surface area contributed by atoms with Gasteiger partial charge in [-0.2, -0.15) is 5.10 Å². The number of halogens is 1. The summed E-state index contributed by atoms with van der Waals surface area (Å²) in [7, 11) is 3.75. The number of benzene rings is 1. The molecule has 0 aliphatic carbocycles. The molecule has 0 radical (unpaired) electrons. The maximum absolute atomic E-state index is 5.73. The molecule has 0 amide bonds. The van der Waals surface area contributed by atoms with Gasteiger partial charge in [-0.15, -0.1) is 24.0 Å². The highest BCUT2D eigenvalue weighted by Gasteiger charge is 2.28. The van der Waals surface area contributed by atoms with E-state index >= 15 is 0 Å². The molecule has 1 aromatic carbocycles. The Morgan fingerprint density at radius 2 is 2.00 bits per heavy atom. The smallest absolute Gasteiger partial charge is 0.194 e. The highest BCUT2D eigenvalue weighted by molar-refractivity contribution is 14.0. The Kier molecular flexibility index (Phi) is 9.85. The first-order valence-corrected chi connectivity index (χ1v) is 12.1. The zero-order valence-corrected chi connectivity index (χ0v) is 22.6. The summed E-state index contributed by atoms with van der Waals surface area (Å²) in [6.45, 7) is 8.01. The first-order valence-electron chi connectivity index (χ1n) is 12.1. The number of likely N-dealkylation sites (tertiary alicyclic amines) is 2. The monoisotopic (exact) mass is 566 g/mol. The highest BCUT2D eigenvalue weighted by atomic mass is 127. The van der Waals surface area contributed by atoms with Gasteiger partial charge in [-0.1, -0.05) is 24.6 Å². The fourth-order valence-electron chi connectivity index (χ4n) is 5.06. The van der Waals surface area contributed by atoms with E-state index in [9.17, 15) is 0 Å². The van der Waals surface area contributed by atoms with E-state index in [0.717, 1.165) is 57.4 Å². The third kappa shape index (κ3) is 6.41. The lowest BCUT2D eigenvalue weighted by molar-refractivity contribution is 0.165. The Labute approximate surface area is 215 Å². The number of nitrogens with zero attached hydrogens (tertiary/aromatic N) is 5. The van der Waals surface area contributed by atoms with Crippen LogP contribution in [0.15, 0.2) is 41.7 Å². The van der Waals surface area contributed by atoms with E-state index in [-0.39, 0.29) is 30.0 Å². The summed E-state index contributed by atoms with van der Waals surface area (Å²) in [4.78, 5) is 10.2. The van der Waals surface area contributed by atoms with Crippen molar-refractivity contribution in [1.29, 1.82) is 0 Å². The zero-order chi connectivity index (χ0) is 22.3. The third-order valence-corrected chi connectivity index (χ3v) is 6.76. The fraction of sp³-hybridized carbons (Fsp3) is 0.600. The zero-order valence-electron chi connectivity index (χ0n) is 20.2. The number of hydrogen-bond donors (Lipinski definition) is 1. The number of piperidine rings is 1. The molecule has 33 heavy (non-hydrogen) atoms. The number of hydrogen-bond acceptors (Lipinski definition) is 4. The number of aryl methyl sites for hydroxylation is 1. The van der Waals surface area contributed by atoms with Crippen LogP contribution in [-0.2, 0) is 7.05 Å². The quantitative estimate of drug-likeness (QED) is 0.312. The number of para-hydroxylation sites is 1. The van der Waals surface area contributed by atoms with E-state index < -0.39 is 0 Å². The number of nitrogens with one attached hydrogen (secondary N) is 1. The van der Waals surface area contributed by atoms with Gasteiger partial charge in [0.05, 0.1) is 25.9 Å². The molecule has 1 N–H and O–H groups in total. The third-order valence-electron chi connectivity index (χ3n) is 6.76. The molecule has 2 fully saturated rings. The fourth-order valence-corrected chi connectivity index (χ4v) is 5.06. The van der Waals surface area contributed by atoms with E-state index in [1.54, 1.807) is 7.11 Å². The van der Waals surface area contributed by atoms with Crippen LogP contribution in [0.2, 0.25) is 0 Å². The van der Waals surface area contributed by atoms with E-state index in [1.165, 1.54) is 30.4 Å². The van der Waals surface area contributed by atoms with Crippen LogP contribution >= 0.6 is 24.0 Å². The number of ether oxygens (including phenoxy) is 1. The van der Waals surface area contributed by atoms with Crippen LogP contribution in [0.25, 0.3) is 0 Å². The summed E-state index contributed by atoms with van der Waals surface area (Å²) in [6.07, 6.45) is 9.13. The largest absolute Gasteiger partial charge is 0.496 e. The molecule has 0 bridgehead atoms. The number of guanidine groups is 1. The van der Waals surface area contributed by atoms with Crippen LogP contribution < -0.4 is 10.1 Å². The van der Waals surface area contributed by atoms with Crippen molar-refractivity contribution in [2.24, 2.45) is 12.0 Å². The highest BCUT2D eigenvalue weighted by Crippen LogP contribution is 2.32. The van der Waals surface area contributed by atoms with Crippen molar-refractivity contribution < 1.29 is 4.74 Å². The molecule has 8 heteroatoms. The molecule has 0 saturated carbocycles. The van der Waals surface area contributed by atoms with Crippen LogP contribution in [0.3, 0.4) is 0 Å². The van der Waals surface area contributed by atoms with Gasteiger partial charge in [0.25, 0.3) is 0 Å². The molecule has 2 saturated heterocycles. The van der Waals surface area contributed by atoms with Crippen molar-refractivity contribution in [2.75, 3.05) is 46.4 Å². The van der Waals surface area contributed by atoms with Gasteiger partial charge in [0, 0.05) is 44.4 Å². The van der Waals surface area contributed by atoms with Gasteiger partial charge < -0.3 is 15.0 Å². The molecule has 2 aliphatic rings.